The van der Waals surface area contributed by atoms with E-state index in [2.05, 4.69) is 51.0 Å². The summed E-state index contributed by atoms with van der Waals surface area (Å²) in [5.41, 5.74) is 0.272. The zero-order valence-corrected chi connectivity index (χ0v) is 14.4. The molecule has 0 N–H and O–H groups in total. The van der Waals surface area contributed by atoms with Gasteiger partial charge in [0.1, 0.15) is 0 Å². The lowest BCUT2D eigenvalue weighted by Gasteiger charge is -2.43. The van der Waals surface area contributed by atoms with Crippen molar-refractivity contribution in [2.24, 2.45) is 0 Å². The molecule has 2 heteroatoms. The average molecular weight is 268 g/mol. The van der Waals surface area contributed by atoms with E-state index in [1.807, 2.05) is 0 Å². The minimum atomic E-state index is -0.379. The fourth-order valence-corrected chi connectivity index (χ4v) is 3.73. The molecule has 0 spiro atoms. The van der Waals surface area contributed by atoms with Crippen molar-refractivity contribution >= 4 is 8.80 Å². The Morgan fingerprint density at radius 1 is 1.11 bits per heavy atom. The molecule has 106 valence electrons. The first-order valence-corrected chi connectivity index (χ1v) is 11.0. The number of hydrogen-bond acceptors (Lipinski definition) is 1. The highest BCUT2D eigenvalue weighted by Gasteiger charge is 2.26. The van der Waals surface area contributed by atoms with Crippen LogP contribution < -0.4 is 0 Å². The molecule has 0 radical (unpaired) electrons. The lowest BCUT2D eigenvalue weighted by Crippen LogP contribution is -2.45. The summed E-state index contributed by atoms with van der Waals surface area (Å²) in [7, 11) is -0.379. The molecule has 1 rings (SSSR count). The predicted molar refractivity (Wildman–Crippen MR) is 85.9 cm³/mol. The van der Waals surface area contributed by atoms with Gasteiger partial charge in [0.2, 0.25) is 0 Å². The third-order valence-electron chi connectivity index (χ3n) is 3.92. The molecule has 0 bridgehead atoms. The molecular formula is C16H33NSi. The molecule has 1 nitrogen and oxygen atoms in total. The van der Waals surface area contributed by atoms with Gasteiger partial charge in [0.15, 0.2) is 0 Å². The lowest BCUT2D eigenvalue weighted by atomic mass is 9.91. The molecule has 0 heterocycles. The van der Waals surface area contributed by atoms with Gasteiger partial charge in [0, 0.05) is 20.4 Å². The fraction of sp³-hybridized carbons (Fsp3) is 0.875. The molecule has 0 aliphatic heterocycles. The minimum absolute atomic E-state index is 0.272. The standard InChI is InChI=1S/C16H33NSi/c1-16(2,3)17(13-9-10-14-18(4)5)15-11-7-6-8-12-15/h9,13,15,18H,6-8,10-12,14H2,1-5H3. The number of allylic oxidation sites excluding steroid dienone is 1. The highest BCUT2D eigenvalue weighted by molar-refractivity contribution is 6.55. The van der Waals surface area contributed by atoms with Gasteiger partial charge < -0.3 is 4.90 Å². The first-order chi connectivity index (χ1) is 8.41. The first-order valence-electron chi connectivity index (χ1n) is 7.86. The maximum Gasteiger partial charge on any atom is 0.0315 e. The van der Waals surface area contributed by atoms with Gasteiger partial charge in [-0.3, -0.25) is 0 Å². The van der Waals surface area contributed by atoms with E-state index < -0.39 is 0 Å². The van der Waals surface area contributed by atoms with E-state index in [4.69, 9.17) is 0 Å². The van der Waals surface area contributed by atoms with Crippen molar-refractivity contribution in [3.8, 4) is 0 Å². The van der Waals surface area contributed by atoms with Crippen LogP contribution in [0.2, 0.25) is 19.1 Å². The van der Waals surface area contributed by atoms with Gasteiger partial charge in [-0.15, -0.1) is 0 Å². The number of rotatable bonds is 5. The lowest BCUT2D eigenvalue weighted by molar-refractivity contribution is 0.116. The Kier molecular flexibility index (Phi) is 6.48. The maximum atomic E-state index is 2.63. The average Bonchev–Trinajstić information content (AvgIpc) is 2.28. The van der Waals surface area contributed by atoms with Gasteiger partial charge in [-0.05, 0) is 46.2 Å². The summed E-state index contributed by atoms with van der Waals surface area (Å²) >= 11 is 0. The summed E-state index contributed by atoms with van der Waals surface area (Å²) in [5, 5.41) is 0. The van der Waals surface area contributed by atoms with E-state index in [1.165, 1.54) is 44.6 Å². The summed E-state index contributed by atoms with van der Waals surface area (Å²) < 4.78 is 0. The largest absolute Gasteiger partial charge is 0.370 e. The molecule has 1 aliphatic rings. The summed E-state index contributed by atoms with van der Waals surface area (Å²) in [6, 6.07) is 2.23. The molecular weight excluding hydrogens is 234 g/mol. The summed E-state index contributed by atoms with van der Waals surface area (Å²) in [5.74, 6) is 0. The van der Waals surface area contributed by atoms with Crippen molar-refractivity contribution in [3.63, 3.8) is 0 Å². The molecule has 0 atom stereocenters. The third kappa shape index (κ3) is 5.60. The second-order valence-electron chi connectivity index (χ2n) is 7.23. The first kappa shape index (κ1) is 15.8. The van der Waals surface area contributed by atoms with Crippen LogP contribution >= 0.6 is 0 Å². The molecule has 0 saturated heterocycles. The summed E-state index contributed by atoms with van der Waals surface area (Å²) in [4.78, 5) is 2.63. The Labute approximate surface area is 116 Å². The van der Waals surface area contributed by atoms with Crippen LogP contribution in [0, 0.1) is 0 Å². The van der Waals surface area contributed by atoms with Crippen LogP contribution in [0.15, 0.2) is 12.3 Å². The quantitative estimate of drug-likeness (QED) is 0.646. The van der Waals surface area contributed by atoms with E-state index >= 15 is 0 Å². The zero-order chi connectivity index (χ0) is 13.6. The number of hydrogen-bond donors (Lipinski definition) is 0. The zero-order valence-electron chi connectivity index (χ0n) is 13.2. The molecule has 0 aromatic heterocycles. The summed E-state index contributed by atoms with van der Waals surface area (Å²) in [6.45, 7) is 11.9. The van der Waals surface area contributed by atoms with Crippen LogP contribution in [0.25, 0.3) is 0 Å². The Morgan fingerprint density at radius 3 is 2.22 bits per heavy atom. The predicted octanol–water partition coefficient (Wildman–Crippen LogP) is 4.81. The van der Waals surface area contributed by atoms with Crippen LogP contribution in [0.3, 0.4) is 0 Å². The van der Waals surface area contributed by atoms with Crippen molar-refractivity contribution < 1.29 is 0 Å². The van der Waals surface area contributed by atoms with Crippen molar-refractivity contribution in [1.82, 2.24) is 4.90 Å². The van der Waals surface area contributed by atoms with Crippen molar-refractivity contribution in [2.45, 2.75) is 90.0 Å². The molecule has 0 aromatic rings. The van der Waals surface area contributed by atoms with E-state index in [0.717, 1.165) is 6.04 Å². The molecule has 0 amide bonds. The van der Waals surface area contributed by atoms with Gasteiger partial charge in [0.05, 0.1) is 0 Å². The van der Waals surface area contributed by atoms with Crippen LogP contribution in [-0.2, 0) is 0 Å². The van der Waals surface area contributed by atoms with E-state index in [9.17, 15) is 0 Å². The van der Waals surface area contributed by atoms with Crippen molar-refractivity contribution in [3.05, 3.63) is 12.3 Å². The van der Waals surface area contributed by atoms with Gasteiger partial charge in [0.25, 0.3) is 0 Å². The van der Waals surface area contributed by atoms with Crippen LogP contribution in [0.1, 0.15) is 59.3 Å². The smallest absolute Gasteiger partial charge is 0.0315 e. The normalized spacial score (nSPS) is 18.8. The van der Waals surface area contributed by atoms with Crippen molar-refractivity contribution in [1.29, 1.82) is 0 Å². The molecule has 1 saturated carbocycles. The van der Waals surface area contributed by atoms with E-state index in [1.54, 1.807) is 0 Å². The molecule has 1 fully saturated rings. The summed E-state index contributed by atoms with van der Waals surface area (Å²) in [6.07, 6.45) is 13.2. The Morgan fingerprint density at radius 2 is 1.72 bits per heavy atom. The topological polar surface area (TPSA) is 3.24 Å². The number of nitrogens with zero attached hydrogens (tertiary/aromatic N) is 1. The van der Waals surface area contributed by atoms with Crippen LogP contribution in [-0.4, -0.2) is 25.3 Å². The molecule has 1 aliphatic carbocycles. The maximum absolute atomic E-state index is 2.63. The van der Waals surface area contributed by atoms with E-state index in [0.29, 0.717) is 0 Å². The van der Waals surface area contributed by atoms with Gasteiger partial charge in [-0.1, -0.05) is 44.5 Å². The molecule has 0 unspecified atom stereocenters. The second-order valence-corrected chi connectivity index (χ2v) is 10.6. The highest BCUT2D eigenvalue weighted by atomic mass is 28.3. The third-order valence-corrected chi connectivity index (χ3v) is 5.41. The Hall–Kier alpha value is -0.243. The van der Waals surface area contributed by atoms with Gasteiger partial charge in [-0.25, -0.2) is 0 Å². The Bertz CT molecular complexity index is 246. The van der Waals surface area contributed by atoms with Crippen molar-refractivity contribution in [2.75, 3.05) is 0 Å². The minimum Gasteiger partial charge on any atom is -0.370 e. The van der Waals surface area contributed by atoms with Gasteiger partial charge >= 0.3 is 0 Å². The highest BCUT2D eigenvalue weighted by Crippen LogP contribution is 2.28. The van der Waals surface area contributed by atoms with Crippen LogP contribution in [0.5, 0.6) is 0 Å². The molecule has 0 aromatic carbocycles. The van der Waals surface area contributed by atoms with Crippen LogP contribution in [0.4, 0.5) is 0 Å². The fourth-order valence-electron chi connectivity index (χ4n) is 2.87. The Balaban J connectivity index is 2.55. The second kappa shape index (κ2) is 7.37. The van der Waals surface area contributed by atoms with Gasteiger partial charge in [-0.2, -0.15) is 0 Å². The molecule has 18 heavy (non-hydrogen) atoms. The van der Waals surface area contributed by atoms with E-state index in [-0.39, 0.29) is 14.3 Å². The SMILES string of the molecule is C[SiH](C)CCC=CN(C1CCCCC1)C(C)(C)C. The monoisotopic (exact) mass is 267 g/mol.